The van der Waals surface area contributed by atoms with Crippen LogP contribution in [0.1, 0.15) is 32.1 Å². The molecule has 1 rings (SSSR count). The van der Waals surface area contributed by atoms with Gasteiger partial charge in [-0.2, -0.15) is 5.26 Å². The third-order valence-electron chi connectivity index (χ3n) is 2.55. The Morgan fingerprint density at radius 1 is 1.36 bits per heavy atom. The van der Waals surface area contributed by atoms with E-state index in [1.165, 1.54) is 6.42 Å². The highest BCUT2D eigenvalue weighted by Gasteiger charge is 2.16. The summed E-state index contributed by atoms with van der Waals surface area (Å²) in [6.07, 6.45) is 8.26. The Morgan fingerprint density at radius 3 is 2.36 bits per heavy atom. The van der Waals surface area contributed by atoms with Crippen LogP contribution >= 0.6 is 0 Å². The number of nitrogens with zero attached hydrogens (tertiary/aromatic N) is 1. The number of hydrogen-bond donors (Lipinski definition) is 0. The van der Waals surface area contributed by atoms with Crippen molar-refractivity contribution in [1.82, 2.24) is 0 Å². The van der Waals surface area contributed by atoms with E-state index in [4.69, 9.17) is 5.26 Å². The van der Waals surface area contributed by atoms with E-state index >= 15 is 0 Å². The second kappa shape index (κ2) is 4.61. The Morgan fingerprint density at radius 2 is 1.93 bits per heavy atom. The van der Waals surface area contributed by atoms with Crippen LogP contribution in [0.3, 0.4) is 0 Å². The summed E-state index contributed by atoms with van der Waals surface area (Å²) in [5.74, 6) is 0.285. The predicted octanol–water partition coefficient (Wildman–Crippen LogP) is 2.02. The molecule has 1 aliphatic carbocycles. The minimum atomic E-state index is -3.31. The molecule has 0 saturated heterocycles. The van der Waals surface area contributed by atoms with Crippen LogP contribution in [-0.4, -0.2) is 14.7 Å². The SMILES string of the molecule is CS(=O)(=O)/C(C#N)=C/C1CCCCC1. The fourth-order valence-corrected chi connectivity index (χ4v) is 2.36. The van der Waals surface area contributed by atoms with Crippen molar-refractivity contribution >= 4 is 9.84 Å². The number of allylic oxidation sites excluding steroid dienone is 2. The van der Waals surface area contributed by atoms with Crippen molar-refractivity contribution in [1.29, 1.82) is 5.26 Å². The molecule has 0 amide bonds. The lowest BCUT2D eigenvalue weighted by Gasteiger charge is -2.17. The van der Waals surface area contributed by atoms with Crippen LogP contribution in [0.5, 0.6) is 0 Å². The minimum Gasteiger partial charge on any atom is -0.223 e. The van der Waals surface area contributed by atoms with Crippen molar-refractivity contribution in [3.63, 3.8) is 0 Å². The van der Waals surface area contributed by atoms with Gasteiger partial charge < -0.3 is 0 Å². The summed E-state index contributed by atoms with van der Waals surface area (Å²) < 4.78 is 22.3. The van der Waals surface area contributed by atoms with Gasteiger partial charge in [0.05, 0.1) is 0 Å². The lowest BCUT2D eigenvalue weighted by Crippen LogP contribution is -2.07. The Hall–Kier alpha value is -0.820. The van der Waals surface area contributed by atoms with Gasteiger partial charge in [0.1, 0.15) is 11.0 Å². The van der Waals surface area contributed by atoms with Gasteiger partial charge in [-0.1, -0.05) is 25.3 Å². The zero-order valence-electron chi connectivity index (χ0n) is 8.36. The monoisotopic (exact) mass is 213 g/mol. The molecule has 1 fully saturated rings. The highest BCUT2D eigenvalue weighted by Crippen LogP contribution is 2.26. The van der Waals surface area contributed by atoms with Gasteiger partial charge in [-0.3, -0.25) is 0 Å². The lowest BCUT2D eigenvalue weighted by atomic mass is 9.89. The van der Waals surface area contributed by atoms with E-state index in [0.29, 0.717) is 0 Å². The summed E-state index contributed by atoms with van der Waals surface area (Å²) in [6, 6.07) is 1.76. The zero-order chi connectivity index (χ0) is 10.6. The highest BCUT2D eigenvalue weighted by atomic mass is 32.2. The summed E-state index contributed by atoms with van der Waals surface area (Å²) >= 11 is 0. The molecule has 0 heterocycles. The van der Waals surface area contributed by atoms with E-state index in [1.807, 2.05) is 0 Å². The van der Waals surface area contributed by atoms with Crippen LogP contribution in [0.15, 0.2) is 11.0 Å². The smallest absolute Gasteiger partial charge is 0.185 e. The Labute approximate surface area is 85.3 Å². The van der Waals surface area contributed by atoms with Gasteiger partial charge in [-0.15, -0.1) is 0 Å². The Kier molecular flexibility index (Phi) is 3.70. The first kappa shape index (κ1) is 11.3. The van der Waals surface area contributed by atoms with Gasteiger partial charge in [0.15, 0.2) is 9.84 Å². The Balaban J connectivity index is 2.79. The first-order chi connectivity index (χ1) is 6.54. The van der Waals surface area contributed by atoms with E-state index in [9.17, 15) is 8.42 Å². The Bertz CT molecular complexity index is 356. The maximum Gasteiger partial charge on any atom is 0.185 e. The number of hydrogen-bond acceptors (Lipinski definition) is 3. The van der Waals surface area contributed by atoms with E-state index in [-0.39, 0.29) is 10.8 Å². The molecule has 0 unspecified atom stereocenters. The zero-order valence-corrected chi connectivity index (χ0v) is 9.18. The molecular formula is C10H15NO2S. The molecule has 14 heavy (non-hydrogen) atoms. The number of sulfone groups is 1. The van der Waals surface area contributed by atoms with Gasteiger partial charge in [-0.25, -0.2) is 8.42 Å². The van der Waals surface area contributed by atoms with Crippen LogP contribution in [0.25, 0.3) is 0 Å². The van der Waals surface area contributed by atoms with Gasteiger partial charge >= 0.3 is 0 Å². The van der Waals surface area contributed by atoms with Gasteiger partial charge in [0.25, 0.3) is 0 Å². The molecule has 78 valence electrons. The van der Waals surface area contributed by atoms with Crippen LogP contribution < -0.4 is 0 Å². The molecule has 0 aliphatic heterocycles. The van der Waals surface area contributed by atoms with Crippen LogP contribution in [0.2, 0.25) is 0 Å². The van der Waals surface area contributed by atoms with Crippen LogP contribution in [0.4, 0.5) is 0 Å². The van der Waals surface area contributed by atoms with Crippen molar-refractivity contribution in [2.75, 3.05) is 6.26 Å². The van der Waals surface area contributed by atoms with Crippen molar-refractivity contribution in [3.8, 4) is 6.07 Å². The fraction of sp³-hybridized carbons (Fsp3) is 0.700. The van der Waals surface area contributed by atoms with Crippen LogP contribution in [-0.2, 0) is 9.84 Å². The van der Waals surface area contributed by atoms with E-state index in [2.05, 4.69) is 0 Å². The van der Waals surface area contributed by atoms with E-state index < -0.39 is 9.84 Å². The van der Waals surface area contributed by atoms with E-state index in [0.717, 1.165) is 31.9 Å². The lowest BCUT2D eigenvalue weighted by molar-refractivity contribution is 0.419. The molecule has 0 atom stereocenters. The average Bonchev–Trinajstić information content (AvgIpc) is 2.14. The number of nitriles is 1. The van der Waals surface area contributed by atoms with Crippen molar-refractivity contribution in [3.05, 3.63) is 11.0 Å². The van der Waals surface area contributed by atoms with Gasteiger partial charge in [0, 0.05) is 6.26 Å². The third-order valence-corrected chi connectivity index (χ3v) is 3.57. The first-order valence-corrected chi connectivity index (χ1v) is 6.75. The molecule has 0 bridgehead atoms. The molecule has 4 heteroatoms. The maximum atomic E-state index is 11.1. The molecule has 0 N–H and O–H groups in total. The van der Waals surface area contributed by atoms with E-state index in [1.54, 1.807) is 12.1 Å². The normalized spacial score (nSPS) is 20.4. The molecule has 0 radical (unpaired) electrons. The van der Waals surface area contributed by atoms with Gasteiger partial charge in [0.2, 0.25) is 0 Å². The summed E-state index contributed by atoms with van der Waals surface area (Å²) in [4.78, 5) is -0.0654. The standard InChI is InChI=1S/C10H15NO2S/c1-14(12,13)10(8-11)7-9-5-3-2-4-6-9/h7,9H,2-6H2,1H3/b10-7+. The topological polar surface area (TPSA) is 57.9 Å². The molecule has 0 aromatic carbocycles. The fourth-order valence-electron chi connectivity index (χ4n) is 1.76. The van der Waals surface area contributed by atoms with Crippen molar-refractivity contribution in [2.24, 2.45) is 5.92 Å². The van der Waals surface area contributed by atoms with Crippen LogP contribution in [0, 0.1) is 17.2 Å². The largest absolute Gasteiger partial charge is 0.223 e. The average molecular weight is 213 g/mol. The quantitative estimate of drug-likeness (QED) is 0.659. The summed E-state index contributed by atoms with van der Waals surface area (Å²) in [5, 5.41) is 8.69. The molecule has 0 spiro atoms. The van der Waals surface area contributed by atoms with Gasteiger partial charge in [-0.05, 0) is 18.8 Å². The number of rotatable bonds is 2. The van der Waals surface area contributed by atoms with Crippen molar-refractivity contribution < 1.29 is 8.42 Å². The summed E-state index contributed by atoms with van der Waals surface area (Å²) in [6.45, 7) is 0. The molecular weight excluding hydrogens is 198 g/mol. The molecule has 3 nitrogen and oxygen atoms in total. The maximum absolute atomic E-state index is 11.1. The second-order valence-electron chi connectivity index (χ2n) is 3.81. The summed E-state index contributed by atoms with van der Waals surface area (Å²) in [5.41, 5.74) is 0. The first-order valence-electron chi connectivity index (χ1n) is 4.86. The molecule has 1 saturated carbocycles. The summed E-state index contributed by atoms with van der Waals surface area (Å²) in [7, 11) is -3.31. The molecule has 1 aliphatic rings. The molecule has 0 aromatic rings. The highest BCUT2D eigenvalue weighted by molar-refractivity contribution is 7.94. The third kappa shape index (κ3) is 3.15. The minimum absolute atomic E-state index is 0.0654. The molecule has 0 aromatic heterocycles. The second-order valence-corrected chi connectivity index (χ2v) is 5.80. The van der Waals surface area contributed by atoms with Crippen molar-refractivity contribution in [2.45, 2.75) is 32.1 Å². The predicted molar refractivity (Wildman–Crippen MR) is 55.1 cm³/mol.